The first-order valence-corrected chi connectivity index (χ1v) is 25.2. The van der Waals surface area contributed by atoms with Crippen molar-refractivity contribution in [2.24, 2.45) is 5.41 Å². The number of anilines is 1. The SMILES string of the molecule is Cc1ncsc1-c1ccc(CNC(=O)[C@@H]2C[C@@H](O)CN2C(=O)[C@@H](NC(=O)COCCOCCOCCOCCOCCOCCOCCn2cc(-c3cc(-c4ccccc4O)nnc3N)cn2)C(C)(C)C)cc1. The maximum Gasteiger partial charge on any atom is 0.246 e. The number of nitrogens with zero attached hydrogens (tertiary/aromatic N) is 6. The van der Waals surface area contributed by atoms with E-state index >= 15 is 0 Å². The molecule has 1 fully saturated rings. The second-order valence-corrected chi connectivity index (χ2v) is 19.1. The molecule has 1 aliphatic rings. The third-order valence-electron chi connectivity index (χ3n) is 11.6. The van der Waals surface area contributed by atoms with E-state index in [1.165, 1.54) is 4.90 Å². The lowest BCUT2D eigenvalue weighted by Gasteiger charge is -2.35. The molecule has 396 valence electrons. The van der Waals surface area contributed by atoms with Gasteiger partial charge in [-0.25, -0.2) is 4.98 Å². The summed E-state index contributed by atoms with van der Waals surface area (Å²) in [6.45, 7) is 12.8. The Morgan fingerprint density at radius 3 is 2.00 bits per heavy atom. The van der Waals surface area contributed by atoms with E-state index in [1.54, 1.807) is 46.5 Å². The van der Waals surface area contributed by atoms with Crippen LogP contribution in [0.15, 0.2) is 72.5 Å². The van der Waals surface area contributed by atoms with Crippen LogP contribution in [-0.4, -0.2) is 175 Å². The molecular formula is C51H69N9O12S. The fraction of sp³-hybridized carbons (Fsp3) is 0.510. The van der Waals surface area contributed by atoms with Crippen molar-refractivity contribution >= 4 is 34.9 Å². The lowest BCUT2D eigenvalue weighted by atomic mass is 9.85. The summed E-state index contributed by atoms with van der Waals surface area (Å²) >= 11 is 1.57. The molecule has 3 amide bonds. The first kappa shape index (κ1) is 56.3. The number of ether oxygens (including phenoxy) is 7. The smallest absolute Gasteiger partial charge is 0.246 e. The second-order valence-electron chi connectivity index (χ2n) is 18.2. The van der Waals surface area contributed by atoms with Gasteiger partial charge in [0, 0.05) is 42.4 Å². The molecule has 3 atom stereocenters. The average Bonchev–Trinajstić information content (AvgIpc) is 4.14. The van der Waals surface area contributed by atoms with Crippen molar-refractivity contribution in [3.8, 4) is 38.6 Å². The molecule has 4 heterocycles. The molecule has 22 heteroatoms. The molecule has 1 saturated heterocycles. The Labute approximate surface area is 429 Å². The van der Waals surface area contributed by atoms with E-state index in [4.69, 9.17) is 38.9 Å². The lowest BCUT2D eigenvalue weighted by molar-refractivity contribution is -0.144. The number of aliphatic hydroxyl groups excluding tert-OH is 1. The third kappa shape index (κ3) is 17.9. The number of aryl methyl sites for hydroxylation is 1. The minimum Gasteiger partial charge on any atom is -0.507 e. The molecule has 1 aliphatic heterocycles. The number of hydrogen-bond donors (Lipinski definition) is 5. The summed E-state index contributed by atoms with van der Waals surface area (Å²) < 4.78 is 40.7. The number of amides is 3. The Morgan fingerprint density at radius 2 is 1.41 bits per heavy atom. The molecule has 0 radical (unpaired) electrons. The largest absolute Gasteiger partial charge is 0.507 e. The minimum atomic E-state index is -0.966. The number of β-amino-alcohol motifs (C(OH)–C–C–N with tert-alkyl or cyclic N) is 1. The standard InChI is InChI=1S/C51H69N9O12S/c1-35-46(73-34-54-35)37-11-9-36(10-12-37)29-53-49(64)43-27-39(61)32-60(43)50(65)47(51(2,3)4)56-45(63)33-72-26-25-71-24-23-70-22-21-69-20-19-68-18-17-67-16-15-66-14-13-59-31-38(30-55-59)41-28-42(57-58-48(41)52)40-7-5-6-8-44(40)62/h5-12,28,30-31,34,39,43,47,61-62H,13-27,29,32-33H2,1-4H3,(H2,52,58)(H,53,64)(H,56,63)/t39-,43+,47-/m1/s1. The van der Waals surface area contributed by atoms with Crippen molar-refractivity contribution in [3.05, 3.63) is 83.8 Å². The summed E-state index contributed by atoms with van der Waals surface area (Å²) in [6.07, 6.45) is 2.78. The number of carbonyl (C=O) groups is 3. The Kier molecular flexibility index (Phi) is 22.4. The van der Waals surface area contributed by atoms with Gasteiger partial charge in [0.25, 0.3) is 0 Å². The predicted molar refractivity (Wildman–Crippen MR) is 272 cm³/mol. The maximum absolute atomic E-state index is 13.9. The van der Waals surface area contributed by atoms with E-state index in [-0.39, 0.29) is 56.8 Å². The Morgan fingerprint density at radius 1 is 0.808 bits per heavy atom. The number of aromatic nitrogens is 5. The van der Waals surface area contributed by atoms with Gasteiger partial charge in [0.1, 0.15) is 24.4 Å². The molecule has 73 heavy (non-hydrogen) atoms. The summed E-state index contributed by atoms with van der Waals surface area (Å²) in [6, 6.07) is 14.7. The zero-order valence-electron chi connectivity index (χ0n) is 42.0. The molecule has 0 bridgehead atoms. The van der Waals surface area contributed by atoms with Crippen molar-refractivity contribution in [1.29, 1.82) is 0 Å². The zero-order chi connectivity index (χ0) is 52.0. The van der Waals surface area contributed by atoms with Crippen LogP contribution in [0.2, 0.25) is 0 Å². The number of phenolic OH excluding ortho intramolecular Hbond substituents is 1. The number of thiazole rings is 1. The fourth-order valence-corrected chi connectivity index (χ4v) is 8.52. The predicted octanol–water partition coefficient (Wildman–Crippen LogP) is 3.65. The van der Waals surface area contributed by atoms with Crippen LogP contribution < -0.4 is 16.4 Å². The molecule has 2 aromatic carbocycles. The number of nitrogen functional groups attached to an aromatic ring is 1. The number of hydrogen-bond acceptors (Lipinski definition) is 18. The molecule has 5 aromatic rings. The number of rotatable bonds is 31. The first-order valence-electron chi connectivity index (χ1n) is 24.3. The number of carbonyl (C=O) groups excluding carboxylic acids is 3. The molecule has 6 N–H and O–H groups in total. The van der Waals surface area contributed by atoms with Crippen molar-refractivity contribution in [1.82, 2.24) is 40.5 Å². The van der Waals surface area contributed by atoms with Gasteiger partial charge in [-0.15, -0.1) is 21.5 Å². The number of para-hydroxylation sites is 1. The number of likely N-dealkylation sites (tertiary alicyclic amines) is 1. The van der Waals surface area contributed by atoms with E-state index in [9.17, 15) is 24.6 Å². The Hall–Kier alpha value is -5.95. The third-order valence-corrected chi connectivity index (χ3v) is 12.6. The van der Waals surface area contributed by atoms with Crippen LogP contribution in [-0.2, 0) is 60.6 Å². The molecule has 0 unspecified atom stereocenters. The quantitative estimate of drug-likeness (QED) is 0.0397. The van der Waals surface area contributed by atoms with Gasteiger partial charge in [0.2, 0.25) is 17.7 Å². The highest BCUT2D eigenvalue weighted by Crippen LogP contribution is 2.32. The number of phenols is 1. The summed E-state index contributed by atoms with van der Waals surface area (Å²) in [5, 5.41) is 39.0. The van der Waals surface area contributed by atoms with Gasteiger partial charge in [0.15, 0.2) is 5.82 Å². The highest BCUT2D eigenvalue weighted by Gasteiger charge is 2.44. The molecule has 6 rings (SSSR count). The summed E-state index contributed by atoms with van der Waals surface area (Å²) in [7, 11) is 0. The van der Waals surface area contributed by atoms with Crippen molar-refractivity contribution in [2.45, 2.75) is 65.4 Å². The van der Waals surface area contributed by atoms with E-state index in [2.05, 4.69) is 30.9 Å². The molecular weight excluding hydrogens is 963 g/mol. The van der Waals surface area contributed by atoms with Gasteiger partial charge in [-0.2, -0.15) is 5.10 Å². The summed E-state index contributed by atoms with van der Waals surface area (Å²) in [4.78, 5) is 47.0. The van der Waals surface area contributed by atoms with Crippen LogP contribution >= 0.6 is 11.3 Å². The van der Waals surface area contributed by atoms with Crippen LogP contribution in [0.3, 0.4) is 0 Å². The number of nitrogens with two attached hydrogens (primary N) is 1. The monoisotopic (exact) mass is 1030 g/mol. The lowest BCUT2D eigenvalue weighted by Crippen LogP contribution is -2.58. The Balaban J connectivity index is 0.724. The molecule has 0 saturated carbocycles. The van der Waals surface area contributed by atoms with Crippen molar-refractivity contribution < 1.29 is 57.8 Å². The second kappa shape index (κ2) is 29.1. The van der Waals surface area contributed by atoms with Crippen LogP contribution in [0, 0.1) is 12.3 Å². The van der Waals surface area contributed by atoms with Crippen LogP contribution in [0.5, 0.6) is 5.75 Å². The van der Waals surface area contributed by atoms with Gasteiger partial charge < -0.3 is 64.6 Å². The maximum atomic E-state index is 13.9. The normalized spacial score (nSPS) is 15.2. The van der Waals surface area contributed by atoms with Gasteiger partial charge in [-0.05, 0) is 41.7 Å². The number of benzene rings is 2. The highest BCUT2D eigenvalue weighted by molar-refractivity contribution is 7.13. The van der Waals surface area contributed by atoms with Gasteiger partial charge in [-0.1, -0.05) is 57.2 Å². The molecule has 0 aliphatic carbocycles. The van der Waals surface area contributed by atoms with Crippen LogP contribution in [0.1, 0.15) is 38.4 Å². The van der Waals surface area contributed by atoms with Gasteiger partial charge in [0.05, 0.1) is 127 Å². The molecule has 0 spiro atoms. The van der Waals surface area contributed by atoms with Gasteiger partial charge >= 0.3 is 0 Å². The van der Waals surface area contributed by atoms with E-state index in [0.717, 1.165) is 27.3 Å². The van der Waals surface area contributed by atoms with Crippen molar-refractivity contribution in [3.63, 3.8) is 0 Å². The van der Waals surface area contributed by atoms with Crippen molar-refractivity contribution in [2.75, 3.05) is 105 Å². The first-order chi connectivity index (χ1) is 35.3. The van der Waals surface area contributed by atoms with Crippen LogP contribution in [0.25, 0.3) is 32.8 Å². The zero-order valence-corrected chi connectivity index (χ0v) is 42.9. The number of aromatic hydroxyl groups is 1. The highest BCUT2D eigenvalue weighted by atomic mass is 32.1. The van der Waals surface area contributed by atoms with E-state index in [1.807, 2.05) is 69.7 Å². The fourth-order valence-electron chi connectivity index (χ4n) is 7.70. The van der Waals surface area contributed by atoms with E-state index in [0.29, 0.717) is 96.0 Å². The summed E-state index contributed by atoms with van der Waals surface area (Å²) in [5.41, 5.74) is 12.6. The van der Waals surface area contributed by atoms with Gasteiger partial charge in [-0.3, -0.25) is 19.1 Å². The van der Waals surface area contributed by atoms with Crippen LogP contribution in [0.4, 0.5) is 5.82 Å². The topological polar surface area (TPSA) is 266 Å². The summed E-state index contributed by atoms with van der Waals surface area (Å²) in [5.74, 6) is -0.937. The molecule has 21 nitrogen and oxygen atoms in total. The number of aliphatic hydroxyl groups is 1. The number of nitrogens with one attached hydrogen (secondary N) is 2. The molecule has 3 aromatic heterocycles. The Bertz CT molecular complexity index is 2480. The average molecular weight is 1030 g/mol. The minimum absolute atomic E-state index is 0.0191. The van der Waals surface area contributed by atoms with E-state index < -0.39 is 35.4 Å².